The van der Waals surface area contributed by atoms with E-state index in [4.69, 9.17) is 13.9 Å². The quantitative estimate of drug-likeness (QED) is 0.871. The molecule has 0 saturated heterocycles. The van der Waals surface area contributed by atoms with Crippen molar-refractivity contribution < 1.29 is 18.7 Å². The van der Waals surface area contributed by atoms with E-state index in [1.165, 1.54) is 0 Å². The summed E-state index contributed by atoms with van der Waals surface area (Å²) in [6.45, 7) is 3.42. The van der Waals surface area contributed by atoms with Gasteiger partial charge in [-0.05, 0) is 36.8 Å². The number of nitrogens with zero attached hydrogens (tertiary/aromatic N) is 1. The van der Waals surface area contributed by atoms with Gasteiger partial charge in [0.25, 0.3) is 5.91 Å². The molecule has 0 fully saturated rings. The topological polar surface area (TPSA) is 51.9 Å². The standard InChI is InChI=1S/C16H17NO4/c1-11-3-5-14(21-11)16(18)17(2)10-12-4-6-13-15(9-12)20-8-7-19-13/h3-6,9H,7-8,10H2,1-2H3. The van der Waals surface area contributed by atoms with Crippen LogP contribution >= 0.6 is 0 Å². The highest BCUT2D eigenvalue weighted by Gasteiger charge is 2.17. The molecular weight excluding hydrogens is 270 g/mol. The van der Waals surface area contributed by atoms with E-state index >= 15 is 0 Å². The maximum atomic E-state index is 12.2. The number of ether oxygens (including phenoxy) is 2. The lowest BCUT2D eigenvalue weighted by Gasteiger charge is -2.20. The molecule has 5 nitrogen and oxygen atoms in total. The van der Waals surface area contributed by atoms with Gasteiger partial charge in [-0.25, -0.2) is 0 Å². The molecule has 0 bridgehead atoms. The van der Waals surface area contributed by atoms with E-state index in [9.17, 15) is 4.79 Å². The minimum Gasteiger partial charge on any atom is -0.486 e. The summed E-state index contributed by atoms with van der Waals surface area (Å²) in [7, 11) is 1.75. The van der Waals surface area contributed by atoms with Gasteiger partial charge in [-0.1, -0.05) is 6.07 Å². The van der Waals surface area contributed by atoms with Crippen LogP contribution in [0.2, 0.25) is 0 Å². The number of furan rings is 1. The lowest BCUT2D eigenvalue weighted by molar-refractivity contribution is 0.0751. The van der Waals surface area contributed by atoms with Crippen molar-refractivity contribution in [3.8, 4) is 11.5 Å². The summed E-state index contributed by atoms with van der Waals surface area (Å²) < 4.78 is 16.4. The van der Waals surface area contributed by atoms with Crippen LogP contribution in [-0.4, -0.2) is 31.1 Å². The highest BCUT2D eigenvalue weighted by Crippen LogP contribution is 2.31. The molecule has 0 spiro atoms. The maximum Gasteiger partial charge on any atom is 0.289 e. The van der Waals surface area contributed by atoms with Crippen LogP contribution in [0.5, 0.6) is 11.5 Å². The number of amides is 1. The zero-order chi connectivity index (χ0) is 14.8. The van der Waals surface area contributed by atoms with Crippen LogP contribution in [0.4, 0.5) is 0 Å². The van der Waals surface area contributed by atoms with Crippen molar-refractivity contribution in [2.45, 2.75) is 13.5 Å². The van der Waals surface area contributed by atoms with Crippen molar-refractivity contribution >= 4 is 5.91 Å². The molecule has 2 heterocycles. The number of benzene rings is 1. The first-order chi connectivity index (χ1) is 10.1. The second kappa shape index (κ2) is 5.52. The Morgan fingerprint density at radius 2 is 1.90 bits per heavy atom. The Bertz CT molecular complexity index is 662. The first kappa shape index (κ1) is 13.5. The summed E-state index contributed by atoms with van der Waals surface area (Å²) in [5.74, 6) is 2.42. The van der Waals surface area contributed by atoms with Crippen molar-refractivity contribution in [1.82, 2.24) is 4.90 Å². The molecule has 0 atom stereocenters. The van der Waals surface area contributed by atoms with Crippen molar-refractivity contribution in [2.24, 2.45) is 0 Å². The minimum absolute atomic E-state index is 0.141. The maximum absolute atomic E-state index is 12.2. The van der Waals surface area contributed by atoms with E-state index in [2.05, 4.69) is 0 Å². The molecule has 21 heavy (non-hydrogen) atoms. The van der Waals surface area contributed by atoms with Crippen LogP contribution in [0.25, 0.3) is 0 Å². The molecule has 0 aliphatic carbocycles. The average Bonchev–Trinajstić information content (AvgIpc) is 2.93. The second-order valence-electron chi connectivity index (χ2n) is 5.05. The van der Waals surface area contributed by atoms with Crippen molar-refractivity contribution in [1.29, 1.82) is 0 Å². The summed E-state index contributed by atoms with van der Waals surface area (Å²) in [5.41, 5.74) is 0.985. The van der Waals surface area contributed by atoms with Gasteiger partial charge in [0.15, 0.2) is 17.3 Å². The molecule has 3 rings (SSSR count). The summed E-state index contributed by atoms with van der Waals surface area (Å²) in [6, 6.07) is 9.19. The first-order valence-electron chi connectivity index (χ1n) is 6.84. The second-order valence-corrected chi connectivity index (χ2v) is 5.05. The highest BCUT2D eigenvalue weighted by atomic mass is 16.6. The summed E-state index contributed by atoms with van der Waals surface area (Å²) in [6.07, 6.45) is 0. The molecule has 2 aromatic rings. The highest BCUT2D eigenvalue weighted by molar-refractivity contribution is 5.91. The number of carbonyl (C=O) groups is 1. The molecule has 5 heteroatoms. The molecule has 0 radical (unpaired) electrons. The van der Waals surface area contributed by atoms with Crippen LogP contribution in [0.15, 0.2) is 34.7 Å². The number of carbonyl (C=O) groups excluding carboxylic acids is 1. The van der Waals surface area contributed by atoms with E-state index < -0.39 is 0 Å². The Morgan fingerprint density at radius 3 is 2.62 bits per heavy atom. The Hall–Kier alpha value is -2.43. The molecule has 1 aliphatic rings. The van der Waals surface area contributed by atoms with Gasteiger partial charge in [0, 0.05) is 13.6 Å². The molecular formula is C16H17NO4. The Labute approximate surface area is 123 Å². The van der Waals surface area contributed by atoms with Crippen molar-refractivity contribution in [3.63, 3.8) is 0 Å². The number of rotatable bonds is 3. The number of fused-ring (bicyclic) bond motifs is 1. The van der Waals surface area contributed by atoms with Crippen LogP contribution < -0.4 is 9.47 Å². The molecule has 1 aliphatic heterocycles. The van der Waals surface area contributed by atoms with Crippen LogP contribution in [0.3, 0.4) is 0 Å². The SMILES string of the molecule is Cc1ccc(C(=O)N(C)Cc2ccc3c(c2)OCCO3)o1. The van der Waals surface area contributed by atoms with Gasteiger partial charge in [-0.2, -0.15) is 0 Å². The van der Waals surface area contributed by atoms with Gasteiger partial charge >= 0.3 is 0 Å². The number of hydrogen-bond donors (Lipinski definition) is 0. The summed E-state index contributed by atoms with van der Waals surface area (Å²) >= 11 is 0. The number of aryl methyl sites for hydroxylation is 1. The third kappa shape index (κ3) is 2.86. The van der Waals surface area contributed by atoms with Gasteiger partial charge in [-0.15, -0.1) is 0 Å². The normalized spacial score (nSPS) is 13.0. The van der Waals surface area contributed by atoms with Gasteiger partial charge in [0.1, 0.15) is 19.0 Å². The first-order valence-corrected chi connectivity index (χ1v) is 6.84. The fourth-order valence-electron chi connectivity index (χ4n) is 2.27. The fraction of sp³-hybridized carbons (Fsp3) is 0.312. The molecule has 1 aromatic heterocycles. The molecule has 110 valence electrons. The zero-order valence-electron chi connectivity index (χ0n) is 12.1. The van der Waals surface area contributed by atoms with E-state index in [-0.39, 0.29) is 5.91 Å². The van der Waals surface area contributed by atoms with E-state index in [0.717, 1.165) is 22.8 Å². The van der Waals surface area contributed by atoms with Gasteiger partial charge < -0.3 is 18.8 Å². The monoisotopic (exact) mass is 287 g/mol. The lowest BCUT2D eigenvalue weighted by Crippen LogP contribution is -2.26. The molecule has 0 saturated carbocycles. The predicted molar refractivity (Wildman–Crippen MR) is 76.7 cm³/mol. The van der Waals surface area contributed by atoms with E-state index in [0.29, 0.717) is 25.5 Å². The average molecular weight is 287 g/mol. The van der Waals surface area contributed by atoms with Gasteiger partial charge in [0.2, 0.25) is 0 Å². The summed E-state index contributed by atoms with van der Waals surface area (Å²) in [5, 5.41) is 0. The Morgan fingerprint density at radius 1 is 1.14 bits per heavy atom. The van der Waals surface area contributed by atoms with Crippen molar-refractivity contribution in [3.05, 3.63) is 47.4 Å². The lowest BCUT2D eigenvalue weighted by atomic mass is 10.2. The largest absolute Gasteiger partial charge is 0.486 e. The predicted octanol–water partition coefficient (Wildman–Crippen LogP) is 2.63. The smallest absolute Gasteiger partial charge is 0.289 e. The van der Waals surface area contributed by atoms with Crippen LogP contribution in [0, 0.1) is 6.92 Å². The minimum atomic E-state index is -0.141. The zero-order valence-corrected chi connectivity index (χ0v) is 12.1. The van der Waals surface area contributed by atoms with E-state index in [1.807, 2.05) is 25.1 Å². The number of hydrogen-bond acceptors (Lipinski definition) is 4. The molecule has 0 unspecified atom stereocenters. The molecule has 1 aromatic carbocycles. The third-order valence-corrected chi connectivity index (χ3v) is 3.32. The van der Waals surface area contributed by atoms with Crippen LogP contribution in [-0.2, 0) is 6.54 Å². The van der Waals surface area contributed by atoms with Crippen LogP contribution in [0.1, 0.15) is 21.9 Å². The van der Waals surface area contributed by atoms with Crippen molar-refractivity contribution in [2.75, 3.05) is 20.3 Å². The fourth-order valence-corrected chi connectivity index (χ4v) is 2.27. The van der Waals surface area contributed by atoms with Gasteiger partial charge in [0.05, 0.1) is 0 Å². The Kier molecular flexibility index (Phi) is 3.56. The summed E-state index contributed by atoms with van der Waals surface area (Å²) in [4.78, 5) is 13.8. The molecule has 0 N–H and O–H groups in total. The van der Waals surface area contributed by atoms with Gasteiger partial charge in [-0.3, -0.25) is 4.79 Å². The Balaban J connectivity index is 1.72. The third-order valence-electron chi connectivity index (χ3n) is 3.32. The van der Waals surface area contributed by atoms with E-state index in [1.54, 1.807) is 24.1 Å². The molecule has 1 amide bonds.